The quantitative estimate of drug-likeness (QED) is 0.888. The normalized spacial score (nSPS) is 10.1. The Labute approximate surface area is 122 Å². The van der Waals surface area contributed by atoms with Gasteiger partial charge in [0.2, 0.25) is 0 Å². The summed E-state index contributed by atoms with van der Waals surface area (Å²) in [6.45, 7) is 2.62. The smallest absolute Gasteiger partial charge is 0.271 e. The molecule has 2 rings (SSSR count). The van der Waals surface area contributed by atoms with E-state index in [4.69, 9.17) is 11.6 Å². The van der Waals surface area contributed by atoms with E-state index in [1.807, 2.05) is 19.1 Å². The minimum Gasteiger partial charge on any atom is -0.351 e. The van der Waals surface area contributed by atoms with E-state index in [-0.39, 0.29) is 5.91 Å². The summed E-state index contributed by atoms with van der Waals surface area (Å²) in [5.41, 5.74) is 1.12. The molecule has 2 aromatic rings. The second-order valence-corrected chi connectivity index (χ2v) is 4.63. The van der Waals surface area contributed by atoms with Crippen LogP contribution in [0.1, 0.15) is 23.8 Å². The van der Waals surface area contributed by atoms with Gasteiger partial charge in [-0.1, -0.05) is 24.6 Å². The van der Waals surface area contributed by atoms with Gasteiger partial charge in [-0.3, -0.25) is 4.79 Å². The standard InChI is InChI=1S/C14H15ClN4O/c1-2-8-16-14(20)12-6-7-13(19-18-12)17-11-5-3-4-10(15)9-11/h3-7,9H,2,8H2,1H3,(H,16,20)(H,17,19). The number of halogens is 1. The van der Waals surface area contributed by atoms with Crippen LogP contribution in [0.5, 0.6) is 0 Å². The van der Waals surface area contributed by atoms with Crippen molar-refractivity contribution >= 4 is 29.0 Å². The lowest BCUT2D eigenvalue weighted by molar-refractivity contribution is 0.0947. The van der Waals surface area contributed by atoms with Crippen LogP contribution in [0.3, 0.4) is 0 Å². The summed E-state index contributed by atoms with van der Waals surface area (Å²) in [5.74, 6) is 0.341. The van der Waals surface area contributed by atoms with Crippen molar-refractivity contribution in [3.05, 3.63) is 47.1 Å². The number of nitrogens with one attached hydrogen (secondary N) is 2. The second-order valence-electron chi connectivity index (χ2n) is 4.20. The van der Waals surface area contributed by atoms with Gasteiger partial charge in [0.15, 0.2) is 11.5 Å². The largest absolute Gasteiger partial charge is 0.351 e. The molecule has 1 aromatic heterocycles. The summed E-state index contributed by atoms with van der Waals surface area (Å²) in [4.78, 5) is 11.7. The molecule has 0 bridgehead atoms. The van der Waals surface area contributed by atoms with Crippen LogP contribution in [-0.2, 0) is 0 Å². The molecule has 0 saturated heterocycles. The molecule has 6 heteroatoms. The van der Waals surface area contributed by atoms with Crippen LogP contribution in [0, 0.1) is 0 Å². The lowest BCUT2D eigenvalue weighted by Crippen LogP contribution is -2.25. The monoisotopic (exact) mass is 290 g/mol. The van der Waals surface area contributed by atoms with Gasteiger partial charge in [-0.15, -0.1) is 10.2 Å². The first-order chi connectivity index (χ1) is 9.69. The van der Waals surface area contributed by atoms with Crippen LogP contribution < -0.4 is 10.6 Å². The topological polar surface area (TPSA) is 66.9 Å². The van der Waals surface area contributed by atoms with Crippen LogP contribution >= 0.6 is 11.6 Å². The number of benzene rings is 1. The van der Waals surface area contributed by atoms with E-state index < -0.39 is 0 Å². The van der Waals surface area contributed by atoms with E-state index in [0.717, 1.165) is 12.1 Å². The summed E-state index contributed by atoms with van der Waals surface area (Å²) in [5, 5.41) is 14.3. The highest BCUT2D eigenvalue weighted by Gasteiger charge is 2.07. The Morgan fingerprint density at radius 1 is 1.25 bits per heavy atom. The Balaban J connectivity index is 2.03. The molecule has 0 radical (unpaired) electrons. The van der Waals surface area contributed by atoms with Gasteiger partial charge < -0.3 is 10.6 Å². The lowest BCUT2D eigenvalue weighted by Gasteiger charge is -2.06. The van der Waals surface area contributed by atoms with Gasteiger partial charge in [0, 0.05) is 17.3 Å². The van der Waals surface area contributed by atoms with Gasteiger partial charge in [-0.25, -0.2) is 0 Å². The van der Waals surface area contributed by atoms with E-state index in [0.29, 0.717) is 23.1 Å². The van der Waals surface area contributed by atoms with Crippen LogP contribution in [0.15, 0.2) is 36.4 Å². The zero-order valence-corrected chi connectivity index (χ0v) is 11.8. The van der Waals surface area contributed by atoms with Crippen molar-refractivity contribution in [2.75, 3.05) is 11.9 Å². The maximum Gasteiger partial charge on any atom is 0.271 e. The number of anilines is 2. The van der Waals surface area contributed by atoms with E-state index >= 15 is 0 Å². The first-order valence-corrected chi connectivity index (χ1v) is 6.71. The van der Waals surface area contributed by atoms with E-state index in [1.54, 1.807) is 24.3 Å². The number of carbonyl (C=O) groups is 1. The molecule has 20 heavy (non-hydrogen) atoms. The van der Waals surface area contributed by atoms with Gasteiger partial charge in [0.1, 0.15) is 0 Å². The molecule has 0 atom stereocenters. The van der Waals surface area contributed by atoms with Crippen molar-refractivity contribution in [1.82, 2.24) is 15.5 Å². The van der Waals surface area contributed by atoms with Crippen LogP contribution in [0.2, 0.25) is 5.02 Å². The highest BCUT2D eigenvalue weighted by atomic mass is 35.5. The van der Waals surface area contributed by atoms with E-state index in [1.165, 1.54) is 0 Å². The fourth-order valence-corrected chi connectivity index (χ4v) is 1.75. The molecule has 0 aliphatic heterocycles. The Kier molecular flexibility index (Phi) is 4.90. The average molecular weight is 291 g/mol. The van der Waals surface area contributed by atoms with Gasteiger partial charge in [-0.2, -0.15) is 0 Å². The van der Waals surface area contributed by atoms with Crippen LogP contribution in [0.25, 0.3) is 0 Å². The molecule has 1 aromatic carbocycles. The molecule has 1 amide bonds. The number of carbonyl (C=O) groups excluding carboxylic acids is 1. The predicted molar refractivity (Wildman–Crippen MR) is 79.4 cm³/mol. The maximum absolute atomic E-state index is 11.7. The summed E-state index contributed by atoms with van der Waals surface area (Å²) in [6, 6.07) is 10.6. The molecule has 0 fully saturated rings. The Morgan fingerprint density at radius 3 is 2.75 bits per heavy atom. The van der Waals surface area contributed by atoms with Gasteiger partial charge in [-0.05, 0) is 36.8 Å². The Morgan fingerprint density at radius 2 is 2.10 bits per heavy atom. The zero-order chi connectivity index (χ0) is 14.4. The van der Waals surface area contributed by atoms with Gasteiger partial charge >= 0.3 is 0 Å². The van der Waals surface area contributed by atoms with Crippen molar-refractivity contribution in [1.29, 1.82) is 0 Å². The Hall–Kier alpha value is -2.14. The number of hydrogen-bond donors (Lipinski definition) is 2. The molecule has 1 heterocycles. The van der Waals surface area contributed by atoms with E-state index in [2.05, 4.69) is 20.8 Å². The van der Waals surface area contributed by atoms with Crippen molar-refractivity contribution in [3.8, 4) is 0 Å². The second kappa shape index (κ2) is 6.86. The highest BCUT2D eigenvalue weighted by molar-refractivity contribution is 6.30. The molecule has 5 nitrogen and oxygen atoms in total. The third kappa shape index (κ3) is 3.93. The third-order valence-corrected chi connectivity index (χ3v) is 2.76. The molecule has 0 aliphatic rings. The average Bonchev–Trinajstić information content (AvgIpc) is 2.45. The fraction of sp³-hybridized carbons (Fsp3) is 0.214. The molecule has 0 unspecified atom stereocenters. The molecular weight excluding hydrogens is 276 g/mol. The zero-order valence-electron chi connectivity index (χ0n) is 11.1. The fourth-order valence-electron chi connectivity index (χ4n) is 1.56. The number of amides is 1. The van der Waals surface area contributed by atoms with Gasteiger partial charge in [0.05, 0.1) is 0 Å². The number of nitrogens with zero attached hydrogens (tertiary/aromatic N) is 2. The maximum atomic E-state index is 11.7. The molecule has 0 aliphatic carbocycles. The summed E-state index contributed by atoms with van der Waals surface area (Å²) in [7, 11) is 0. The molecule has 2 N–H and O–H groups in total. The minimum absolute atomic E-state index is 0.214. The van der Waals surface area contributed by atoms with Gasteiger partial charge in [0.25, 0.3) is 5.91 Å². The lowest BCUT2D eigenvalue weighted by atomic mass is 10.3. The van der Waals surface area contributed by atoms with Crippen LogP contribution in [0.4, 0.5) is 11.5 Å². The summed E-state index contributed by atoms with van der Waals surface area (Å²) >= 11 is 5.90. The Bertz CT molecular complexity index is 586. The molecular formula is C14H15ClN4O. The van der Waals surface area contributed by atoms with Crippen molar-refractivity contribution in [2.45, 2.75) is 13.3 Å². The number of rotatable bonds is 5. The van der Waals surface area contributed by atoms with E-state index in [9.17, 15) is 4.79 Å². The molecule has 0 saturated carbocycles. The number of aromatic nitrogens is 2. The third-order valence-electron chi connectivity index (χ3n) is 2.53. The minimum atomic E-state index is -0.214. The van der Waals surface area contributed by atoms with Crippen LogP contribution in [-0.4, -0.2) is 22.6 Å². The molecule has 104 valence electrons. The number of hydrogen-bond acceptors (Lipinski definition) is 4. The SMILES string of the molecule is CCCNC(=O)c1ccc(Nc2cccc(Cl)c2)nn1. The predicted octanol–water partition coefficient (Wildman–Crippen LogP) is 3.01. The summed E-state index contributed by atoms with van der Waals surface area (Å²) in [6.07, 6.45) is 0.883. The van der Waals surface area contributed by atoms with Crippen molar-refractivity contribution in [2.24, 2.45) is 0 Å². The first-order valence-electron chi connectivity index (χ1n) is 6.33. The molecule has 0 spiro atoms. The summed E-state index contributed by atoms with van der Waals surface area (Å²) < 4.78 is 0. The van der Waals surface area contributed by atoms with Crippen molar-refractivity contribution in [3.63, 3.8) is 0 Å². The highest BCUT2D eigenvalue weighted by Crippen LogP contribution is 2.18. The van der Waals surface area contributed by atoms with Crippen molar-refractivity contribution < 1.29 is 4.79 Å². The first kappa shape index (κ1) is 14.3.